The van der Waals surface area contributed by atoms with E-state index in [0.717, 1.165) is 24.6 Å². The van der Waals surface area contributed by atoms with Crippen LogP contribution in [0, 0.1) is 5.92 Å². The number of thioether (sulfide) groups is 1. The molecule has 7 heteroatoms. The SMILES string of the molecule is CC(C)CCCCCCNC(=O)CSc1nnnn1-c1ccccc1. The molecule has 6 nitrogen and oxygen atoms in total. The summed E-state index contributed by atoms with van der Waals surface area (Å²) in [6, 6.07) is 9.66. The third kappa shape index (κ3) is 7.25. The zero-order chi connectivity index (χ0) is 17.9. The molecular formula is C18H27N5OS. The van der Waals surface area contributed by atoms with Crippen molar-refractivity contribution in [2.75, 3.05) is 12.3 Å². The molecule has 2 aromatic rings. The number of para-hydroxylation sites is 1. The first kappa shape index (κ1) is 19.4. The average molecular weight is 362 g/mol. The van der Waals surface area contributed by atoms with Crippen LogP contribution >= 0.6 is 11.8 Å². The molecule has 136 valence electrons. The Hall–Kier alpha value is -1.89. The maximum absolute atomic E-state index is 12.0. The number of amides is 1. The fourth-order valence-electron chi connectivity index (χ4n) is 2.44. The van der Waals surface area contributed by atoms with Crippen LogP contribution in [0.3, 0.4) is 0 Å². The Balaban J connectivity index is 1.64. The molecule has 0 saturated heterocycles. The number of carbonyl (C=O) groups excluding carboxylic acids is 1. The van der Waals surface area contributed by atoms with Gasteiger partial charge in [0.15, 0.2) is 0 Å². The van der Waals surface area contributed by atoms with Crippen molar-refractivity contribution in [2.24, 2.45) is 5.92 Å². The molecular weight excluding hydrogens is 334 g/mol. The van der Waals surface area contributed by atoms with E-state index in [-0.39, 0.29) is 5.91 Å². The number of nitrogens with one attached hydrogen (secondary N) is 1. The topological polar surface area (TPSA) is 72.7 Å². The summed E-state index contributed by atoms with van der Waals surface area (Å²) in [5.74, 6) is 1.12. The van der Waals surface area contributed by atoms with Gasteiger partial charge in [0, 0.05) is 6.54 Å². The summed E-state index contributed by atoms with van der Waals surface area (Å²) >= 11 is 1.35. The zero-order valence-corrected chi connectivity index (χ0v) is 15.8. The first-order chi connectivity index (χ1) is 12.2. The Bertz CT molecular complexity index is 629. The molecule has 25 heavy (non-hydrogen) atoms. The number of benzene rings is 1. The first-order valence-electron chi connectivity index (χ1n) is 8.90. The van der Waals surface area contributed by atoms with E-state index in [2.05, 4.69) is 34.7 Å². The number of rotatable bonds is 11. The van der Waals surface area contributed by atoms with Crippen molar-refractivity contribution < 1.29 is 4.79 Å². The van der Waals surface area contributed by atoms with Gasteiger partial charge < -0.3 is 5.32 Å². The monoisotopic (exact) mass is 361 g/mol. The van der Waals surface area contributed by atoms with E-state index < -0.39 is 0 Å². The molecule has 1 aromatic carbocycles. The number of unbranched alkanes of at least 4 members (excludes halogenated alkanes) is 3. The highest BCUT2D eigenvalue weighted by Crippen LogP contribution is 2.17. The van der Waals surface area contributed by atoms with Crippen LogP contribution in [-0.4, -0.2) is 38.4 Å². The average Bonchev–Trinajstić information content (AvgIpc) is 3.08. The summed E-state index contributed by atoms with van der Waals surface area (Å²) in [4.78, 5) is 12.0. The van der Waals surface area contributed by atoms with Crippen molar-refractivity contribution in [3.63, 3.8) is 0 Å². The molecule has 2 rings (SSSR count). The Morgan fingerprint density at radius 3 is 2.68 bits per heavy atom. The summed E-state index contributed by atoms with van der Waals surface area (Å²) in [6.07, 6.45) is 6.03. The summed E-state index contributed by atoms with van der Waals surface area (Å²) in [6.45, 7) is 5.25. The highest BCUT2D eigenvalue weighted by atomic mass is 32.2. The second-order valence-corrected chi connectivity index (χ2v) is 7.39. The lowest BCUT2D eigenvalue weighted by molar-refractivity contribution is -0.118. The van der Waals surface area contributed by atoms with E-state index in [1.54, 1.807) is 4.68 Å². The minimum absolute atomic E-state index is 0.0230. The molecule has 1 amide bonds. The quantitative estimate of drug-likeness (QED) is 0.490. The minimum Gasteiger partial charge on any atom is -0.355 e. The van der Waals surface area contributed by atoms with Gasteiger partial charge in [0.25, 0.3) is 0 Å². The van der Waals surface area contributed by atoms with Crippen molar-refractivity contribution in [3.05, 3.63) is 30.3 Å². The molecule has 0 radical (unpaired) electrons. The number of hydrogen-bond acceptors (Lipinski definition) is 5. The van der Waals surface area contributed by atoms with Gasteiger partial charge in [0.2, 0.25) is 11.1 Å². The van der Waals surface area contributed by atoms with E-state index in [1.807, 2.05) is 30.3 Å². The highest BCUT2D eigenvalue weighted by Gasteiger charge is 2.11. The maximum atomic E-state index is 12.0. The Kier molecular flexibility index (Phi) is 8.45. The second-order valence-electron chi connectivity index (χ2n) is 6.44. The Morgan fingerprint density at radius 2 is 1.92 bits per heavy atom. The maximum Gasteiger partial charge on any atom is 0.230 e. The van der Waals surface area contributed by atoms with Gasteiger partial charge in [-0.1, -0.05) is 69.5 Å². The van der Waals surface area contributed by atoms with Gasteiger partial charge in [-0.05, 0) is 34.9 Å². The Morgan fingerprint density at radius 1 is 1.16 bits per heavy atom. The molecule has 0 aliphatic rings. The molecule has 1 heterocycles. The standard InChI is InChI=1S/C18H27N5OS/c1-15(2)10-6-3-4-9-13-19-17(24)14-25-18-20-21-22-23(18)16-11-7-5-8-12-16/h5,7-8,11-12,15H,3-4,6,9-10,13-14H2,1-2H3,(H,19,24). The molecule has 1 N–H and O–H groups in total. The summed E-state index contributed by atoms with van der Waals surface area (Å²) in [5.41, 5.74) is 0.886. The van der Waals surface area contributed by atoms with Crippen LogP contribution in [0.25, 0.3) is 5.69 Å². The largest absolute Gasteiger partial charge is 0.355 e. The van der Waals surface area contributed by atoms with Crippen LogP contribution < -0.4 is 5.32 Å². The summed E-state index contributed by atoms with van der Waals surface area (Å²) in [5, 5.41) is 15.3. The fourth-order valence-corrected chi connectivity index (χ4v) is 3.16. The lowest BCUT2D eigenvalue weighted by atomic mass is 10.0. The smallest absolute Gasteiger partial charge is 0.230 e. The number of aromatic nitrogens is 4. The van der Waals surface area contributed by atoms with Crippen LogP contribution in [0.4, 0.5) is 0 Å². The first-order valence-corrected chi connectivity index (χ1v) is 9.88. The van der Waals surface area contributed by atoms with Crippen LogP contribution in [0.2, 0.25) is 0 Å². The number of nitrogens with zero attached hydrogens (tertiary/aromatic N) is 4. The van der Waals surface area contributed by atoms with E-state index in [9.17, 15) is 4.79 Å². The second kappa shape index (κ2) is 10.9. The summed E-state index contributed by atoms with van der Waals surface area (Å²) in [7, 11) is 0. The van der Waals surface area contributed by atoms with Crippen molar-refractivity contribution in [2.45, 2.75) is 51.1 Å². The van der Waals surface area contributed by atoms with Gasteiger partial charge in [-0.3, -0.25) is 4.79 Å². The van der Waals surface area contributed by atoms with Gasteiger partial charge >= 0.3 is 0 Å². The zero-order valence-electron chi connectivity index (χ0n) is 15.0. The van der Waals surface area contributed by atoms with Gasteiger partial charge in [0.05, 0.1) is 11.4 Å². The predicted molar refractivity (Wildman–Crippen MR) is 101 cm³/mol. The number of hydrogen-bond donors (Lipinski definition) is 1. The van der Waals surface area contributed by atoms with Crippen LogP contribution in [0.1, 0.15) is 46.0 Å². The molecule has 0 bridgehead atoms. The normalized spacial score (nSPS) is 11.0. The van der Waals surface area contributed by atoms with Crippen LogP contribution in [0.5, 0.6) is 0 Å². The van der Waals surface area contributed by atoms with E-state index >= 15 is 0 Å². The molecule has 0 fully saturated rings. The molecule has 0 aliphatic heterocycles. The molecule has 0 spiro atoms. The van der Waals surface area contributed by atoms with Gasteiger partial charge in [-0.15, -0.1) is 5.10 Å². The molecule has 0 aliphatic carbocycles. The molecule has 1 aromatic heterocycles. The summed E-state index contributed by atoms with van der Waals surface area (Å²) < 4.78 is 1.65. The van der Waals surface area contributed by atoms with Crippen LogP contribution in [0.15, 0.2) is 35.5 Å². The van der Waals surface area contributed by atoms with Crippen molar-refractivity contribution in [1.29, 1.82) is 0 Å². The third-order valence-corrected chi connectivity index (χ3v) is 4.72. The third-order valence-electron chi connectivity index (χ3n) is 3.80. The predicted octanol–water partition coefficient (Wildman–Crippen LogP) is 3.48. The minimum atomic E-state index is 0.0230. The van der Waals surface area contributed by atoms with E-state index in [0.29, 0.717) is 10.9 Å². The van der Waals surface area contributed by atoms with Crippen LogP contribution in [-0.2, 0) is 4.79 Å². The number of tetrazole rings is 1. The molecule has 0 unspecified atom stereocenters. The van der Waals surface area contributed by atoms with Crippen molar-refractivity contribution in [1.82, 2.24) is 25.5 Å². The lowest BCUT2D eigenvalue weighted by Gasteiger charge is -2.06. The Labute approximate surface area is 153 Å². The number of carbonyl (C=O) groups is 1. The molecule has 0 atom stereocenters. The fraction of sp³-hybridized carbons (Fsp3) is 0.556. The van der Waals surface area contributed by atoms with Crippen molar-refractivity contribution in [3.8, 4) is 5.69 Å². The van der Waals surface area contributed by atoms with Gasteiger partial charge in [0.1, 0.15) is 0 Å². The lowest BCUT2D eigenvalue weighted by Crippen LogP contribution is -2.26. The van der Waals surface area contributed by atoms with Gasteiger partial charge in [-0.25, -0.2) is 0 Å². The van der Waals surface area contributed by atoms with Gasteiger partial charge in [-0.2, -0.15) is 4.68 Å². The van der Waals surface area contributed by atoms with Crippen molar-refractivity contribution >= 4 is 17.7 Å². The highest BCUT2D eigenvalue weighted by molar-refractivity contribution is 7.99. The molecule has 0 saturated carbocycles. The van der Waals surface area contributed by atoms with E-state index in [1.165, 1.54) is 37.4 Å². The van der Waals surface area contributed by atoms with E-state index in [4.69, 9.17) is 0 Å².